The molecule has 0 fully saturated rings. The fourth-order valence-corrected chi connectivity index (χ4v) is 1.64. The highest BCUT2D eigenvalue weighted by Crippen LogP contribution is 2.31. The molecule has 2 aromatic rings. The molecule has 2 rings (SSSR count). The summed E-state index contributed by atoms with van der Waals surface area (Å²) >= 11 is 0. The smallest absolute Gasteiger partial charge is 0.387 e. The number of hydrogen-bond acceptors (Lipinski definition) is 5. The van der Waals surface area contributed by atoms with E-state index in [9.17, 15) is 18.0 Å². The van der Waals surface area contributed by atoms with Gasteiger partial charge < -0.3 is 10.6 Å². The highest BCUT2D eigenvalue weighted by molar-refractivity contribution is 5.99. The van der Waals surface area contributed by atoms with Crippen molar-refractivity contribution in [3.8, 4) is 0 Å². The minimum atomic E-state index is -4.52. The van der Waals surface area contributed by atoms with Crippen LogP contribution >= 0.6 is 0 Å². The average molecular weight is 300 g/mol. The second-order valence-electron chi connectivity index (χ2n) is 4.02. The van der Waals surface area contributed by atoms with Crippen molar-refractivity contribution in [1.29, 1.82) is 0 Å². The Kier molecular flexibility index (Phi) is 4.05. The van der Waals surface area contributed by atoms with Crippen molar-refractivity contribution in [3.05, 3.63) is 35.2 Å². The van der Waals surface area contributed by atoms with E-state index in [1.54, 1.807) is 0 Å². The molecule has 0 unspecified atom stereocenters. The van der Waals surface area contributed by atoms with Gasteiger partial charge in [-0.2, -0.15) is 18.4 Å². The molecule has 0 saturated heterocycles. The molecule has 0 aliphatic heterocycles. The molecule has 0 aliphatic rings. The van der Waals surface area contributed by atoms with Crippen LogP contribution in [0, 0.1) is 0 Å². The maximum atomic E-state index is 12.7. The topological polar surface area (TPSA) is 95.6 Å². The molecule has 0 radical (unpaired) electrons. The summed E-state index contributed by atoms with van der Waals surface area (Å²) in [6, 6.07) is 2.89. The van der Waals surface area contributed by atoms with Gasteiger partial charge in [0.25, 0.3) is 5.91 Å². The van der Waals surface area contributed by atoms with Gasteiger partial charge in [0.05, 0.1) is 17.7 Å². The molecular formula is C11H11F3N6O. The summed E-state index contributed by atoms with van der Waals surface area (Å²) in [5, 5.41) is 17.8. The summed E-state index contributed by atoms with van der Waals surface area (Å²) < 4.78 is 38.1. The molecule has 0 saturated carbocycles. The van der Waals surface area contributed by atoms with Crippen molar-refractivity contribution in [3.63, 3.8) is 0 Å². The van der Waals surface area contributed by atoms with E-state index in [4.69, 9.17) is 0 Å². The van der Waals surface area contributed by atoms with E-state index in [-0.39, 0.29) is 23.6 Å². The van der Waals surface area contributed by atoms with Crippen LogP contribution < -0.4 is 10.6 Å². The van der Waals surface area contributed by atoms with Crippen LogP contribution in [0.15, 0.2) is 18.2 Å². The fourth-order valence-electron chi connectivity index (χ4n) is 1.64. The Bertz CT molecular complexity index is 625. The predicted octanol–water partition coefficient (Wildman–Crippen LogP) is 1.19. The third-order valence-corrected chi connectivity index (χ3v) is 2.66. The Balaban J connectivity index is 2.21. The zero-order chi connectivity index (χ0) is 15.5. The van der Waals surface area contributed by atoms with Crippen molar-refractivity contribution in [1.82, 2.24) is 25.9 Å². The standard InChI is InChI=1S/C11H11F3N6O/c1-15-8-3-2-6(11(12,13)14)4-7(8)10(21)16-5-9-17-19-20-18-9/h2-4,15H,5H2,1H3,(H,16,21)(H,17,18,19,20). The van der Waals surface area contributed by atoms with Crippen molar-refractivity contribution in [2.24, 2.45) is 0 Å². The van der Waals surface area contributed by atoms with E-state index >= 15 is 0 Å². The molecule has 0 spiro atoms. The Hall–Kier alpha value is -2.65. The van der Waals surface area contributed by atoms with Gasteiger partial charge in [-0.3, -0.25) is 4.79 Å². The van der Waals surface area contributed by atoms with Crippen LogP contribution in [0.5, 0.6) is 0 Å². The number of aromatic amines is 1. The molecule has 7 nitrogen and oxygen atoms in total. The molecule has 21 heavy (non-hydrogen) atoms. The van der Waals surface area contributed by atoms with Gasteiger partial charge in [0.15, 0.2) is 5.82 Å². The maximum Gasteiger partial charge on any atom is 0.416 e. The lowest BCUT2D eigenvalue weighted by Gasteiger charge is -2.13. The summed E-state index contributed by atoms with van der Waals surface area (Å²) in [7, 11) is 1.51. The first-order valence-electron chi connectivity index (χ1n) is 5.81. The lowest BCUT2D eigenvalue weighted by Crippen LogP contribution is -2.25. The SMILES string of the molecule is CNc1ccc(C(F)(F)F)cc1C(=O)NCc1nn[nH]n1. The maximum absolute atomic E-state index is 12.7. The molecule has 0 bridgehead atoms. The number of anilines is 1. The van der Waals surface area contributed by atoms with Gasteiger partial charge in [-0.25, -0.2) is 0 Å². The van der Waals surface area contributed by atoms with E-state index in [1.165, 1.54) is 13.1 Å². The molecule has 1 aromatic carbocycles. The molecule has 10 heteroatoms. The number of carbonyl (C=O) groups excluding carboxylic acids is 1. The molecular weight excluding hydrogens is 289 g/mol. The molecule has 0 atom stereocenters. The van der Waals surface area contributed by atoms with Crippen molar-refractivity contribution in [2.45, 2.75) is 12.7 Å². The molecule has 112 valence electrons. The van der Waals surface area contributed by atoms with Crippen LogP contribution in [0.2, 0.25) is 0 Å². The minimum absolute atomic E-state index is 0.0469. The number of nitrogens with zero attached hydrogens (tertiary/aromatic N) is 3. The summed E-state index contributed by atoms with van der Waals surface area (Å²) in [5.74, 6) is -0.448. The van der Waals surface area contributed by atoms with E-state index in [0.29, 0.717) is 0 Å². The Morgan fingerprint density at radius 1 is 1.38 bits per heavy atom. The highest BCUT2D eigenvalue weighted by atomic mass is 19.4. The number of alkyl halides is 3. The van der Waals surface area contributed by atoms with Crippen molar-refractivity contribution in [2.75, 3.05) is 12.4 Å². The monoisotopic (exact) mass is 300 g/mol. The largest absolute Gasteiger partial charge is 0.416 e. The van der Waals surface area contributed by atoms with E-state index in [2.05, 4.69) is 31.3 Å². The first-order chi connectivity index (χ1) is 9.91. The fraction of sp³-hybridized carbons (Fsp3) is 0.273. The molecule has 0 aliphatic carbocycles. The number of amides is 1. The first-order valence-corrected chi connectivity index (χ1v) is 5.81. The van der Waals surface area contributed by atoms with Gasteiger partial charge in [0.2, 0.25) is 0 Å². The Morgan fingerprint density at radius 2 is 2.14 bits per heavy atom. The Morgan fingerprint density at radius 3 is 2.71 bits per heavy atom. The molecule has 1 heterocycles. The van der Waals surface area contributed by atoms with E-state index < -0.39 is 17.6 Å². The first kappa shape index (κ1) is 14.8. The second kappa shape index (κ2) is 5.77. The lowest BCUT2D eigenvalue weighted by molar-refractivity contribution is -0.137. The number of rotatable bonds is 4. The number of H-pyrrole nitrogens is 1. The molecule has 1 aromatic heterocycles. The van der Waals surface area contributed by atoms with Gasteiger partial charge in [-0.05, 0) is 18.2 Å². The quantitative estimate of drug-likeness (QED) is 0.788. The van der Waals surface area contributed by atoms with Gasteiger partial charge in [0, 0.05) is 12.7 Å². The van der Waals surface area contributed by atoms with Crippen LogP contribution in [0.3, 0.4) is 0 Å². The summed E-state index contributed by atoms with van der Waals surface area (Å²) in [5.41, 5.74) is -0.726. The molecule has 3 N–H and O–H groups in total. The van der Waals surface area contributed by atoms with Crippen LogP contribution in [0.1, 0.15) is 21.7 Å². The minimum Gasteiger partial charge on any atom is -0.387 e. The number of hydrogen-bond donors (Lipinski definition) is 3. The third-order valence-electron chi connectivity index (χ3n) is 2.66. The lowest BCUT2D eigenvalue weighted by atomic mass is 10.1. The summed E-state index contributed by atoms with van der Waals surface area (Å²) in [4.78, 5) is 12.0. The van der Waals surface area contributed by atoms with Gasteiger partial charge in [-0.15, -0.1) is 10.2 Å². The van der Waals surface area contributed by atoms with Crippen LogP contribution in [-0.4, -0.2) is 33.6 Å². The normalized spacial score (nSPS) is 11.2. The average Bonchev–Trinajstić information content (AvgIpc) is 2.96. The highest BCUT2D eigenvalue weighted by Gasteiger charge is 2.31. The van der Waals surface area contributed by atoms with E-state index in [0.717, 1.165) is 12.1 Å². The number of carbonyl (C=O) groups is 1. The summed E-state index contributed by atoms with van der Waals surface area (Å²) in [6.45, 7) is -0.0469. The van der Waals surface area contributed by atoms with Gasteiger partial charge in [0.1, 0.15) is 0 Å². The zero-order valence-electron chi connectivity index (χ0n) is 10.8. The number of benzene rings is 1. The molecule has 1 amide bonds. The Labute approximate surface area is 116 Å². The number of halogens is 3. The number of nitrogens with one attached hydrogen (secondary N) is 3. The third kappa shape index (κ3) is 3.46. The van der Waals surface area contributed by atoms with Gasteiger partial charge in [-0.1, -0.05) is 5.21 Å². The zero-order valence-corrected chi connectivity index (χ0v) is 10.8. The number of tetrazole rings is 1. The predicted molar refractivity (Wildman–Crippen MR) is 66.3 cm³/mol. The van der Waals surface area contributed by atoms with Crippen LogP contribution in [0.4, 0.5) is 18.9 Å². The van der Waals surface area contributed by atoms with Crippen LogP contribution in [0.25, 0.3) is 0 Å². The van der Waals surface area contributed by atoms with Crippen LogP contribution in [-0.2, 0) is 12.7 Å². The van der Waals surface area contributed by atoms with E-state index in [1.807, 2.05) is 0 Å². The van der Waals surface area contributed by atoms with Crippen molar-refractivity contribution >= 4 is 11.6 Å². The number of aromatic nitrogens is 4. The van der Waals surface area contributed by atoms with Gasteiger partial charge >= 0.3 is 6.18 Å². The second-order valence-corrected chi connectivity index (χ2v) is 4.02. The summed E-state index contributed by atoms with van der Waals surface area (Å²) in [6.07, 6.45) is -4.52. The van der Waals surface area contributed by atoms with Crippen molar-refractivity contribution < 1.29 is 18.0 Å².